The van der Waals surface area contributed by atoms with Gasteiger partial charge < -0.3 is 15.0 Å². The van der Waals surface area contributed by atoms with E-state index >= 15 is 0 Å². The Balaban J connectivity index is 2.27. The van der Waals surface area contributed by atoms with Crippen molar-refractivity contribution >= 4 is 62.3 Å². The highest BCUT2D eigenvalue weighted by atomic mass is 35.5. The number of sulfonamides is 1. The van der Waals surface area contributed by atoms with E-state index in [-0.39, 0.29) is 48.8 Å². The van der Waals surface area contributed by atoms with Gasteiger partial charge in [0.1, 0.15) is 11.8 Å². The molecule has 2 aromatic carbocycles. The van der Waals surface area contributed by atoms with Gasteiger partial charge in [0.25, 0.3) is 0 Å². The lowest BCUT2D eigenvalue weighted by Gasteiger charge is -2.32. The first-order valence-corrected chi connectivity index (χ1v) is 15.7. The predicted molar refractivity (Wildman–Crippen MR) is 158 cm³/mol. The van der Waals surface area contributed by atoms with Crippen molar-refractivity contribution in [2.24, 2.45) is 0 Å². The van der Waals surface area contributed by atoms with Crippen LogP contribution in [0.4, 0.5) is 5.69 Å². The van der Waals surface area contributed by atoms with Crippen LogP contribution in [0.5, 0.6) is 5.75 Å². The quantitative estimate of drug-likeness (QED) is 0.283. The summed E-state index contributed by atoms with van der Waals surface area (Å²) < 4.78 is 31.5. The van der Waals surface area contributed by atoms with E-state index in [1.807, 2.05) is 20.8 Å². The SMILES string of the molecule is CC[C@@H](C)NC(=O)[C@H](CC)N(Cc1ccc(Cl)c(Cl)c1)C(=O)CCCN(c1ccc(OC)c(Cl)c1)S(C)(=O)=O. The molecule has 0 saturated carbocycles. The molecule has 0 unspecified atom stereocenters. The molecular formula is C27H36Cl3N3O5S. The summed E-state index contributed by atoms with van der Waals surface area (Å²) in [7, 11) is -2.19. The lowest BCUT2D eigenvalue weighted by Crippen LogP contribution is -2.50. The second-order valence-corrected chi connectivity index (χ2v) is 12.4. The van der Waals surface area contributed by atoms with Gasteiger partial charge in [0.15, 0.2) is 0 Å². The number of nitrogens with one attached hydrogen (secondary N) is 1. The van der Waals surface area contributed by atoms with Crippen LogP contribution in [-0.4, -0.2) is 57.1 Å². The molecule has 0 heterocycles. The molecule has 2 atom stereocenters. The summed E-state index contributed by atoms with van der Waals surface area (Å²) in [5, 5.41) is 3.97. The molecule has 0 fully saturated rings. The first-order chi connectivity index (χ1) is 18.3. The van der Waals surface area contributed by atoms with Gasteiger partial charge >= 0.3 is 0 Å². The number of nitrogens with zero attached hydrogens (tertiary/aromatic N) is 2. The zero-order chi connectivity index (χ0) is 29.3. The molecule has 39 heavy (non-hydrogen) atoms. The maximum atomic E-state index is 13.5. The number of rotatable bonds is 14. The molecule has 0 aliphatic rings. The Bertz CT molecular complexity index is 1260. The highest BCUT2D eigenvalue weighted by Crippen LogP contribution is 2.30. The topological polar surface area (TPSA) is 96.0 Å². The van der Waals surface area contributed by atoms with E-state index in [1.54, 1.807) is 30.3 Å². The lowest BCUT2D eigenvalue weighted by atomic mass is 10.1. The Kier molecular flexibility index (Phi) is 12.7. The molecule has 1 N–H and O–H groups in total. The lowest BCUT2D eigenvalue weighted by molar-refractivity contribution is -0.141. The van der Waals surface area contributed by atoms with Crippen LogP contribution in [-0.2, 0) is 26.2 Å². The van der Waals surface area contributed by atoms with Gasteiger partial charge in [-0.15, -0.1) is 0 Å². The number of ether oxygens (including phenoxy) is 1. The van der Waals surface area contributed by atoms with Crippen LogP contribution in [0.2, 0.25) is 15.1 Å². The number of carbonyl (C=O) groups excluding carboxylic acids is 2. The second kappa shape index (κ2) is 15.0. The molecule has 0 bridgehead atoms. The van der Waals surface area contributed by atoms with E-state index in [2.05, 4.69) is 5.32 Å². The van der Waals surface area contributed by atoms with Crippen molar-refractivity contribution in [2.45, 2.75) is 65.1 Å². The summed E-state index contributed by atoms with van der Waals surface area (Å²) in [6.45, 7) is 5.90. The normalized spacial score (nSPS) is 12.9. The fourth-order valence-electron chi connectivity index (χ4n) is 4.01. The number of methoxy groups -OCH3 is 1. The summed E-state index contributed by atoms with van der Waals surface area (Å²) in [4.78, 5) is 28.2. The van der Waals surface area contributed by atoms with E-state index < -0.39 is 16.1 Å². The number of halogens is 3. The van der Waals surface area contributed by atoms with Gasteiger partial charge in [0.05, 0.1) is 34.1 Å². The van der Waals surface area contributed by atoms with E-state index in [0.29, 0.717) is 27.9 Å². The third-order valence-electron chi connectivity index (χ3n) is 6.30. The standard InChI is InChI=1S/C27H36Cl3N3O5S/c1-6-18(3)31-27(35)24(7-2)32(17-19-10-12-21(28)22(29)15-19)26(34)9-8-14-33(39(5,36)37)20-11-13-25(38-4)23(30)16-20/h10-13,15-16,18,24H,6-9,14,17H2,1-5H3,(H,31,35)/t18-,24+/m1/s1. The number of carbonyl (C=O) groups is 2. The fraction of sp³-hybridized carbons (Fsp3) is 0.481. The molecular weight excluding hydrogens is 585 g/mol. The molecule has 2 rings (SSSR count). The van der Waals surface area contributed by atoms with Crippen LogP contribution in [0, 0.1) is 0 Å². The van der Waals surface area contributed by atoms with Gasteiger partial charge in [0.2, 0.25) is 21.8 Å². The average Bonchev–Trinajstić information content (AvgIpc) is 2.87. The molecule has 0 aliphatic heterocycles. The van der Waals surface area contributed by atoms with E-state index in [4.69, 9.17) is 39.5 Å². The molecule has 2 aromatic rings. The van der Waals surface area contributed by atoms with Crippen molar-refractivity contribution in [1.82, 2.24) is 10.2 Å². The maximum absolute atomic E-state index is 13.5. The van der Waals surface area contributed by atoms with Crippen LogP contribution in [0.15, 0.2) is 36.4 Å². The van der Waals surface area contributed by atoms with Crippen molar-refractivity contribution in [3.05, 3.63) is 57.0 Å². The molecule has 0 saturated heterocycles. The van der Waals surface area contributed by atoms with Crippen molar-refractivity contribution in [3.8, 4) is 5.75 Å². The van der Waals surface area contributed by atoms with Crippen LogP contribution < -0.4 is 14.4 Å². The highest BCUT2D eigenvalue weighted by molar-refractivity contribution is 7.92. The van der Waals surface area contributed by atoms with Gasteiger partial charge in [-0.25, -0.2) is 8.42 Å². The Morgan fingerprint density at radius 2 is 1.69 bits per heavy atom. The van der Waals surface area contributed by atoms with Crippen LogP contribution >= 0.6 is 34.8 Å². The Hall–Kier alpha value is -2.20. The molecule has 0 spiro atoms. The number of hydrogen-bond donors (Lipinski definition) is 1. The largest absolute Gasteiger partial charge is 0.495 e. The molecule has 2 amide bonds. The fourth-order valence-corrected chi connectivity index (χ4v) is 5.54. The highest BCUT2D eigenvalue weighted by Gasteiger charge is 2.29. The van der Waals surface area contributed by atoms with E-state index in [9.17, 15) is 18.0 Å². The maximum Gasteiger partial charge on any atom is 0.243 e. The van der Waals surface area contributed by atoms with E-state index in [0.717, 1.165) is 18.2 Å². The molecule has 216 valence electrons. The van der Waals surface area contributed by atoms with Crippen LogP contribution in [0.25, 0.3) is 0 Å². The van der Waals surface area contributed by atoms with Crippen LogP contribution in [0.1, 0.15) is 52.0 Å². The van der Waals surface area contributed by atoms with Gasteiger partial charge in [-0.05, 0) is 62.1 Å². The summed E-state index contributed by atoms with van der Waals surface area (Å²) in [5.41, 5.74) is 1.08. The number of amides is 2. The number of benzene rings is 2. The monoisotopic (exact) mass is 619 g/mol. The molecule has 0 aromatic heterocycles. The van der Waals surface area contributed by atoms with Gasteiger partial charge in [-0.2, -0.15) is 0 Å². The van der Waals surface area contributed by atoms with Crippen LogP contribution in [0.3, 0.4) is 0 Å². The first kappa shape index (κ1) is 33.0. The summed E-state index contributed by atoms with van der Waals surface area (Å²) in [6.07, 6.45) is 2.48. The van der Waals surface area contributed by atoms with Crippen molar-refractivity contribution in [1.29, 1.82) is 0 Å². The van der Waals surface area contributed by atoms with Crippen molar-refractivity contribution in [2.75, 3.05) is 24.2 Å². The second-order valence-electron chi connectivity index (χ2n) is 9.27. The molecule has 0 radical (unpaired) electrons. The summed E-state index contributed by atoms with van der Waals surface area (Å²) >= 11 is 18.5. The van der Waals surface area contributed by atoms with E-state index in [1.165, 1.54) is 22.4 Å². The molecule has 0 aliphatic carbocycles. The molecule has 8 nitrogen and oxygen atoms in total. The Morgan fingerprint density at radius 1 is 1.00 bits per heavy atom. The first-order valence-electron chi connectivity index (χ1n) is 12.7. The summed E-state index contributed by atoms with van der Waals surface area (Å²) in [6, 6.07) is 8.99. The minimum atomic E-state index is -3.66. The zero-order valence-electron chi connectivity index (χ0n) is 22.8. The third kappa shape index (κ3) is 9.45. The Morgan fingerprint density at radius 3 is 2.23 bits per heavy atom. The minimum absolute atomic E-state index is 0.0182. The van der Waals surface area contributed by atoms with Crippen molar-refractivity contribution in [3.63, 3.8) is 0 Å². The Labute approximate surface area is 246 Å². The van der Waals surface area contributed by atoms with Gasteiger partial charge in [-0.1, -0.05) is 54.7 Å². The zero-order valence-corrected chi connectivity index (χ0v) is 25.9. The average molecular weight is 621 g/mol. The smallest absolute Gasteiger partial charge is 0.243 e. The predicted octanol–water partition coefficient (Wildman–Crippen LogP) is 5.92. The van der Waals surface area contributed by atoms with Gasteiger partial charge in [-0.3, -0.25) is 13.9 Å². The minimum Gasteiger partial charge on any atom is -0.495 e. The molecule has 12 heteroatoms. The van der Waals surface area contributed by atoms with Crippen molar-refractivity contribution < 1.29 is 22.7 Å². The van der Waals surface area contributed by atoms with Gasteiger partial charge in [0, 0.05) is 25.6 Å². The summed E-state index contributed by atoms with van der Waals surface area (Å²) in [5.74, 6) is -0.109. The number of hydrogen-bond acceptors (Lipinski definition) is 5. The number of anilines is 1. The third-order valence-corrected chi connectivity index (χ3v) is 8.53.